The van der Waals surface area contributed by atoms with Crippen LogP contribution in [0.5, 0.6) is 0 Å². The highest BCUT2D eigenvalue weighted by molar-refractivity contribution is 7.99. The summed E-state index contributed by atoms with van der Waals surface area (Å²) in [5.41, 5.74) is 3.67. The van der Waals surface area contributed by atoms with Crippen LogP contribution in [0.15, 0.2) is 88.7 Å². The molecule has 0 bridgehead atoms. The van der Waals surface area contributed by atoms with Crippen molar-refractivity contribution in [1.82, 2.24) is 0 Å². The van der Waals surface area contributed by atoms with Gasteiger partial charge in [0.25, 0.3) is 0 Å². The molecule has 0 aliphatic heterocycles. The predicted molar refractivity (Wildman–Crippen MR) is 96.1 cm³/mol. The number of rotatable bonds is 5. The Morgan fingerprint density at radius 2 is 1.45 bits per heavy atom. The van der Waals surface area contributed by atoms with Gasteiger partial charge in [0.1, 0.15) is 0 Å². The molecule has 3 aromatic carbocycles. The summed E-state index contributed by atoms with van der Waals surface area (Å²) in [5.74, 6) is 0. The lowest BCUT2D eigenvalue weighted by Crippen LogP contribution is -1.97. The van der Waals surface area contributed by atoms with Crippen LogP contribution < -0.4 is 5.32 Å². The first-order valence-corrected chi connectivity index (χ1v) is 8.35. The van der Waals surface area contributed by atoms with Gasteiger partial charge in [0, 0.05) is 15.5 Å². The van der Waals surface area contributed by atoms with E-state index in [1.807, 2.05) is 6.07 Å². The average Bonchev–Trinajstić information content (AvgIpc) is 2.58. The molecule has 0 amide bonds. The predicted octanol–water partition coefficient (Wildman–Crippen LogP) is 6.14. The molecule has 1 N–H and O–H groups in total. The molecule has 0 spiro atoms. The second-order valence-corrected chi connectivity index (χ2v) is 6.17. The lowest BCUT2D eigenvalue weighted by Gasteiger charge is -2.16. The molecule has 0 radical (unpaired) electrons. The van der Waals surface area contributed by atoms with Crippen LogP contribution in [0.3, 0.4) is 0 Å². The smallest absolute Gasteiger partial charge is 0.0558 e. The highest BCUT2D eigenvalue weighted by atomic mass is 32.2. The zero-order valence-electron chi connectivity index (χ0n) is 12.6. The molecular formula is C20H19NS. The molecule has 0 saturated heterocycles. The summed E-state index contributed by atoms with van der Waals surface area (Å²) in [6.07, 6.45) is 1.01. The number of para-hydroxylation sites is 2. The lowest BCUT2D eigenvalue weighted by atomic mass is 10.1. The minimum absolute atomic E-state index is 1.01. The SMILES string of the molecule is CCc1cccc(Sc2ccccc2)c1Nc1ccccc1. The van der Waals surface area contributed by atoms with E-state index >= 15 is 0 Å². The molecule has 110 valence electrons. The maximum Gasteiger partial charge on any atom is 0.0558 e. The van der Waals surface area contributed by atoms with Gasteiger partial charge in [0.05, 0.1) is 5.69 Å². The van der Waals surface area contributed by atoms with Gasteiger partial charge in [-0.3, -0.25) is 0 Å². The summed E-state index contributed by atoms with van der Waals surface area (Å²) in [5, 5.41) is 3.59. The van der Waals surface area contributed by atoms with E-state index in [-0.39, 0.29) is 0 Å². The highest BCUT2D eigenvalue weighted by Gasteiger charge is 2.09. The largest absolute Gasteiger partial charge is 0.354 e. The highest BCUT2D eigenvalue weighted by Crippen LogP contribution is 2.37. The standard InChI is InChI=1S/C20H19NS/c1-2-16-10-9-15-19(22-18-13-7-4-8-14-18)20(16)21-17-11-5-3-6-12-17/h3-15,21H,2H2,1H3. The van der Waals surface area contributed by atoms with Gasteiger partial charge in [-0.25, -0.2) is 0 Å². The minimum atomic E-state index is 1.01. The van der Waals surface area contributed by atoms with Crippen LogP contribution >= 0.6 is 11.8 Å². The summed E-state index contributed by atoms with van der Waals surface area (Å²) in [7, 11) is 0. The summed E-state index contributed by atoms with van der Waals surface area (Å²) in [4.78, 5) is 2.52. The fourth-order valence-corrected chi connectivity index (χ4v) is 3.36. The van der Waals surface area contributed by atoms with Gasteiger partial charge in [-0.05, 0) is 42.3 Å². The molecule has 0 unspecified atom stereocenters. The number of anilines is 2. The van der Waals surface area contributed by atoms with Crippen molar-refractivity contribution < 1.29 is 0 Å². The monoisotopic (exact) mass is 305 g/mol. The van der Waals surface area contributed by atoms with E-state index in [4.69, 9.17) is 0 Å². The Morgan fingerprint density at radius 1 is 0.773 bits per heavy atom. The third kappa shape index (κ3) is 3.52. The van der Waals surface area contributed by atoms with Crippen LogP contribution in [0.1, 0.15) is 12.5 Å². The topological polar surface area (TPSA) is 12.0 Å². The van der Waals surface area contributed by atoms with Crippen LogP contribution in [-0.4, -0.2) is 0 Å². The van der Waals surface area contributed by atoms with Gasteiger partial charge < -0.3 is 5.32 Å². The fraction of sp³-hybridized carbons (Fsp3) is 0.100. The van der Waals surface area contributed by atoms with Gasteiger partial charge in [-0.1, -0.05) is 67.2 Å². The maximum absolute atomic E-state index is 3.59. The van der Waals surface area contributed by atoms with Gasteiger partial charge in [-0.15, -0.1) is 0 Å². The van der Waals surface area contributed by atoms with Crippen molar-refractivity contribution in [2.45, 2.75) is 23.1 Å². The van der Waals surface area contributed by atoms with Gasteiger partial charge in [-0.2, -0.15) is 0 Å². The Balaban J connectivity index is 1.95. The third-order valence-corrected chi connectivity index (χ3v) is 4.58. The van der Waals surface area contributed by atoms with Crippen molar-refractivity contribution in [3.05, 3.63) is 84.4 Å². The second kappa shape index (κ2) is 7.19. The van der Waals surface area contributed by atoms with Gasteiger partial charge >= 0.3 is 0 Å². The van der Waals surface area contributed by atoms with Crippen LogP contribution in [-0.2, 0) is 6.42 Å². The Bertz CT molecular complexity index is 723. The van der Waals surface area contributed by atoms with Crippen molar-refractivity contribution in [2.75, 3.05) is 5.32 Å². The first-order chi connectivity index (χ1) is 10.9. The molecule has 2 heteroatoms. The Hall–Kier alpha value is -2.19. The summed E-state index contributed by atoms with van der Waals surface area (Å²) in [6.45, 7) is 2.20. The minimum Gasteiger partial charge on any atom is -0.354 e. The van der Waals surface area contributed by atoms with E-state index in [2.05, 4.69) is 85.0 Å². The third-order valence-electron chi connectivity index (χ3n) is 3.51. The molecule has 0 aromatic heterocycles. The molecule has 0 fully saturated rings. The molecule has 3 rings (SSSR count). The maximum atomic E-state index is 3.59. The van der Waals surface area contributed by atoms with Crippen molar-refractivity contribution >= 4 is 23.1 Å². The Labute approximate surface area is 136 Å². The van der Waals surface area contributed by atoms with Crippen molar-refractivity contribution in [3.63, 3.8) is 0 Å². The molecule has 0 heterocycles. The van der Waals surface area contributed by atoms with Crippen LogP contribution in [0.25, 0.3) is 0 Å². The molecule has 22 heavy (non-hydrogen) atoms. The fourth-order valence-electron chi connectivity index (χ4n) is 2.38. The summed E-state index contributed by atoms with van der Waals surface area (Å²) in [6, 6.07) is 27.4. The first-order valence-electron chi connectivity index (χ1n) is 7.53. The summed E-state index contributed by atoms with van der Waals surface area (Å²) >= 11 is 1.80. The van der Waals surface area contributed by atoms with Gasteiger partial charge in [0.15, 0.2) is 0 Å². The molecule has 0 aliphatic carbocycles. The van der Waals surface area contributed by atoms with Crippen molar-refractivity contribution in [1.29, 1.82) is 0 Å². The lowest BCUT2D eigenvalue weighted by molar-refractivity contribution is 1.12. The van der Waals surface area contributed by atoms with Crippen LogP contribution in [0, 0.1) is 0 Å². The number of hydrogen-bond donors (Lipinski definition) is 1. The number of hydrogen-bond acceptors (Lipinski definition) is 2. The van der Waals surface area contributed by atoms with Crippen LogP contribution in [0.2, 0.25) is 0 Å². The molecular weight excluding hydrogens is 286 g/mol. The molecule has 0 saturated carbocycles. The molecule has 1 nitrogen and oxygen atoms in total. The first kappa shape index (κ1) is 14.7. The molecule has 0 atom stereocenters. The van der Waals surface area contributed by atoms with Gasteiger partial charge in [0.2, 0.25) is 0 Å². The second-order valence-electron chi connectivity index (χ2n) is 5.05. The van der Waals surface area contributed by atoms with E-state index in [9.17, 15) is 0 Å². The molecule has 0 aliphatic rings. The number of nitrogens with one attached hydrogen (secondary N) is 1. The number of aryl methyl sites for hydroxylation is 1. The quantitative estimate of drug-likeness (QED) is 0.607. The molecule has 3 aromatic rings. The summed E-state index contributed by atoms with van der Waals surface area (Å²) < 4.78 is 0. The Morgan fingerprint density at radius 3 is 2.14 bits per heavy atom. The van der Waals surface area contributed by atoms with Crippen molar-refractivity contribution in [2.24, 2.45) is 0 Å². The van der Waals surface area contributed by atoms with E-state index < -0.39 is 0 Å². The van der Waals surface area contributed by atoms with E-state index in [0.29, 0.717) is 0 Å². The zero-order chi connectivity index (χ0) is 15.2. The van der Waals surface area contributed by atoms with Crippen molar-refractivity contribution in [3.8, 4) is 0 Å². The van der Waals surface area contributed by atoms with E-state index in [0.717, 1.165) is 12.1 Å². The van der Waals surface area contributed by atoms with Crippen LogP contribution in [0.4, 0.5) is 11.4 Å². The van der Waals surface area contributed by atoms with E-state index in [1.54, 1.807) is 11.8 Å². The van der Waals surface area contributed by atoms with E-state index in [1.165, 1.54) is 21.0 Å². The number of benzene rings is 3. The zero-order valence-corrected chi connectivity index (χ0v) is 13.4. The average molecular weight is 305 g/mol. The Kier molecular flexibility index (Phi) is 4.81. The normalized spacial score (nSPS) is 10.4.